The van der Waals surface area contributed by atoms with Gasteiger partial charge in [-0.3, -0.25) is 14.9 Å². The van der Waals surface area contributed by atoms with Crippen molar-refractivity contribution in [2.75, 3.05) is 13.2 Å². The van der Waals surface area contributed by atoms with E-state index < -0.39 is 30.2 Å². The van der Waals surface area contributed by atoms with Crippen LogP contribution in [0.15, 0.2) is 30.3 Å². The number of benzene rings is 1. The quantitative estimate of drug-likeness (QED) is 0.467. The first-order valence-corrected chi connectivity index (χ1v) is 5.28. The molecule has 0 fully saturated rings. The summed E-state index contributed by atoms with van der Waals surface area (Å²) in [5.41, 5.74) is 0.701. The van der Waals surface area contributed by atoms with E-state index in [0.717, 1.165) is 0 Å². The summed E-state index contributed by atoms with van der Waals surface area (Å²) in [7, 11) is 0. The highest BCUT2D eigenvalue weighted by Gasteiger charge is 2.22. The molecule has 0 bridgehead atoms. The van der Waals surface area contributed by atoms with Crippen LogP contribution >= 0.6 is 0 Å². The van der Waals surface area contributed by atoms with Crippen LogP contribution in [0.5, 0.6) is 0 Å². The van der Waals surface area contributed by atoms with Gasteiger partial charge in [-0.2, -0.15) is 0 Å². The van der Waals surface area contributed by atoms with Gasteiger partial charge >= 0.3 is 12.1 Å². The number of aliphatic carboxylic acids is 1. The molecule has 0 aromatic heterocycles. The highest BCUT2D eigenvalue weighted by atomic mass is 16.6. The highest BCUT2D eigenvalue weighted by Crippen LogP contribution is 2.03. The van der Waals surface area contributed by atoms with Crippen LogP contribution < -0.4 is 0 Å². The minimum absolute atomic E-state index is 0.0759. The van der Waals surface area contributed by atoms with Gasteiger partial charge < -0.3 is 9.84 Å². The number of rotatable bonds is 6. The summed E-state index contributed by atoms with van der Waals surface area (Å²) in [5.74, 6) is -1.35. The van der Waals surface area contributed by atoms with Crippen molar-refractivity contribution in [3.8, 4) is 0 Å². The summed E-state index contributed by atoms with van der Waals surface area (Å²) in [4.78, 5) is 32.1. The lowest BCUT2D eigenvalue weighted by molar-refractivity contribution is -0.499. The smallest absolute Gasteiger partial charge is 0.415 e. The van der Waals surface area contributed by atoms with Crippen molar-refractivity contribution < 1.29 is 24.4 Å². The third-order valence-corrected chi connectivity index (χ3v) is 2.08. The van der Waals surface area contributed by atoms with Gasteiger partial charge in [-0.15, -0.1) is 0 Å². The number of amides is 1. The second-order valence-corrected chi connectivity index (χ2v) is 3.61. The van der Waals surface area contributed by atoms with Crippen LogP contribution in [0.4, 0.5) is 4.79 Å². The molecule has 0 heterocycles. The molecule has 0 aliphatic heterocycles. The van der Waals surface area contributed by atoms with Gasteiger partial charge in [-0.25, -0.2) is 9.69 Å². The Morgan fingerprint density at radius 2 is 1.95 bits per heavy atom. The van der Waals surface area contributed by atoms with Gasteiger partial charge in [-0.05, 0) is 5.56 Å². The van der Waals surface area contributed by atoms with Gasteiger partial charge in [0.05, 0.1) is 0 Å². The Labute approximate surface area is 108 Å². The van der Waals surface area contributed by atoms with Gasteiger partial charge in [0, 0.05) is 4.92 Å². The summed E-state index contributed by atoms with van der Waals surface area (Å²) in [6.07, 6.45) is -1.04. The molecule has 0 saturated heterocycles. The Kier molecular flexibility index (Phi) is 5.27. The number of carbonyl (C=O) groups is 2. The summed E-state index contributed by atoms with van der Waals surface area (Å²) < 4.78 is 4.81. The molecule has 0 aliphatic rings. The Balaban J connectivity index is 2.56. The molecule has 1 aromatic carbocycles. The zero-order valence-corrected chi connectivity index (χ0v) is 9.89. The molecular formula is C11H12N2O6. The second kappa shape index (κ2) is 6.94. The topological polar surface area (TPSA) is 110 Å². The largest absolute Gasteiger partial charge is 0.480 e. The lowest BCUT2D eigenvalue weighted by atomic mass is 10.2. The molecular weight excluding hydrogens is 256 g/mol. The molecule has 8 nitrogen and oxygen atoms in total. The predicted molar refractivity (Wildman–Crippen MR) is 62.8 cm³/mol. The van der Waals surface area contributed by atoms with E-state index in [-0.39, 0.29) is 6.61 Å². The van der Waals surface area contributed by atoms with Gasteiger partial charge in [0.15, 0.2) is 0 Å². The van der Waals surface area contributed by atoms with Crippen molar-refractivity contribution >= 4 is 12.1 Å². The lowest BCUT2D eigenvalue weighted by Crippen LogP contribution is -2.39. The number of carbonyl (C=O) groups excluding carboxylic acids is 1. The molecule has 0 aliphatic carbocycles. The highest BCUT2D eigenvalue weighted by molar-refractivity contribution is 5.76. The van der Waals surface area contributed by atoms with Crippen molar-refractivity contribution in [2.24, 2.45) is 0 Å². The minimum Gasteiger partial charge on any atom is -0.480 e. The maximum Gasteiger partial charge on any atom is 0.415 e. The summed E-state index contributed by atoms with van der Waals surface area (Å²) in [5, 5.41) is 18.9. The number of ether oxygens (including phenoxy) is 1. The van der Waals surface area contributed by atoms with E-state index in [1.165, 1.54) is 0 Å². The molecule has 1 rings (SSSR count). The van der Waals surface area contributed by atoms with Crippen LogP contribution in [0, 0.1) is 10.1 Å². The van der Waals surface area contributed by atoms with Crippen LogP contribution in [0.3, 0.4) is 0 Å². The molecule has 1 N–H and O–H groups in total. The second-order valence-electron chi connectivity index (χ2n) is 3.61. The SMILES string of the molecule is O=C(O)CN(C[N+](=O)[O-])C(=O)OCc1ccccc1. The monoisotopic (exact) mass is 268 g/mol. The number of carboxylic acids is 1. The Morgan fingerprint density at radius 1 is 1.32 bits per heavy atom. The molecule has 1 aromatic rings. The van der Waals surface area contributed by atoms with Crippen molar-refractivity contribution in [1.82, 2.24) is 4.90 Å². The van der Waals surface area contributed by atoms with Crippen molar-refractivity contribution in [3.63, 3.8) is 0 Å². The lowest BCUT2D eigenvalue weighted by Gasteiger charge is -2.15. The van der Waals surface area contributed by atoms with Gasteiger partial charge in [-0.1, -0.05) is 30.3 Å². The molecule has 19 heavy (non-hydrogen) atoms. The average Bonchev–Trinajstić information content (AvgIpc) is 2.35. The molecule has 1 amide bonds. The van der Waals surface area contributed by atoms with Crippen LogP contribution in [0.25, 0.3) is 0 Å². The molecule has 102 valence electrons. The number of carboxylic acid groups (broad SMARTS) is 1. The molecule has 0 unspecified atom stereocenters. The van der Waals surface area contributed by atoms with Gasteiger partial charge in [0.25, 0.3) is 6.67 Å². The van der Waals surface area contributed by atoms with Crippen LogP contribution in [0.2, 0.25) is 0 Å². The fourth-order valence-electron chi connectivity index (χ4n) is 1.29. The fraction of sp³-hybridized carbons (Fsp3) is 0.273. The maximum absolute atomic E-state index is 11.5. The first kappa shape index (κ1) is 14.4. The van der Waals surface area contributed by atoms with Crippen LogP contribution in [-0.2, 0) is 16.1 Å². The number of nitrogens with zero attached hydrogens (tertiary/aromatic N) is 2. The van der Waals surface area contributed by atoms with Gasteiger partial charge in [0.1, 0.15) is 13.2 Å². The van der Waals surface area contributed by atoms with Crippen LogP contribution in [0.1, 0.15) is 5.56 Å². The third kappa shape index (κ3) is 5.48. The fourth-order valence-corrected chi connectivity index (χ4v) is 1.29. The molecule has 0 atom stereocenters. The average molecular weight is 268 g/mol. The summed E-state index contributed by atoms with van der Waals surface area (Å²) in [6.45, 7) is -1.78. The first-order valence-electron chi connectivity index (χ1n) is 5.28. The zero-order valence-electron chi connectivity index (χ0n) is 9.89. The Bertz CT molecular complexity index is 446. The van der Waals surface area contributed by atoms with E-state index in [0.29, 0.717) is 10.5 Å². The summed E-state index contributed by atoms with van der Waals surface area (Å²) >= 11 is 0. The van der Waals surface area contributed by atoms with Gasteiger partial charge in [0.2, 0.25) is 0 Å². The van der Waals surface area contributed by atoms with Crippen LogP contribution in [-0.4, -0.2) is 40.2 Å². The maximum atomic E-state index is 11.5. The minimum atomic E-state index is -1.35. The molecule has 0 spiro atoms. The zero-order chi connectivity index (χ0) is 14.3. The molecule has 8 heteroatoms. The van der Waals surface area contributed by atoms with E-state index in [4.69, 9.17) is 9.84 Å². The van der Waals surface area contributed by atoms with Crippen molar-refractivity contribution in [2.45, 2.75) is 6.61 Å². The van der Waals surface area contributed by atoms with E-state index in [9.17, 15) is 19.7 Å². The molecule has 0 radical (unpaired) electrons. The number of nitro groups is 1. The number of hydrogen-bond acceptors (Lipinski definition) is 5. The van der Waals surface area contributed by atoms with Crippen molar-refractivity contribution in [1.29, 1.82) is 0 Å². The standard InChI is InChI=1S/C11H12N2O6/c14-10(15)6-12(8-13(17)18)11(16)19-7-9-4-2-1-3-5-9/h1-5H,6-8H2,(H,14,15). The third-order valence-electron chi connectivity index (χ3n) is 2.08. The first-order chi connectivity index (χ1) is 8.99. The predicted octanol–water partition coefficient (Wildman–Crippen LogP) is 0.944. The molecule has 0 saturated carbocycles. The Morgan fingerprint density at radius 3 is 2.47 bits per heavy atom. The number of hydrogen-bond donors (Lipinski definition) is 1. The summed E-state index contributed by atoms with van der Waals surface area (Å²) in [6, 6.07) is 8.70. The normalized spacial score (nSPS) is 9.68. The van der Waals surface area contributed by atoms with Crippen molar-refractivity contribution in [3.05, 3.63) is 46.0 Å². The van der Waals surface area contributed by atoms with E-state index >= 15 is 0 Å². The Hall–Kier alpha value is -2.64. The van der Waals surface area contributed by atoms with E-state index in [1.54, 1.807) is 30.3 Å². The van der Waals surface area contributed by atoms with E-state index in [1.807, 2.05) is 0 Å². The van der Waals surface area contributed by atoms with E-state index in [2.05, 4.69) is 0 Å².